The van der Waals surface area contributed by atoms with Crippen LogP contribution < -0.4 is 15.8 Å². The Kier molecular flexibility index (Phi) is 6.72. The minimum Gasteiger partial charge on any atom is -0.507 e. The third-order valence-electron chi connectivity index (χ3n) is 5.64. The van der Waals surface area contributed by atoms with E-state index < -0.39 is 30.6 Å². The molecule has 1 aliphatic heterocycles. The molecule has 1 heterocycles. The number of carbonyl (C=O) groups excluding carboxylic acids is 2. The van der Waals surface area contributed by atoms with Crippen molar-refractivity contribution >= 4 is 24.9 Å². The summed E-state index contributed by atoms with van der Waals surface area (Å²) in [6.45, 7) is 2.88. The van der Waals surface area contributed by atoms with Gasteiger partial charge in [-0.2, -0.15) is 0 Å². The number of hydrogen-bond acceptors (Lipinski definition) is 8. The summed E-state index contributed by atoms with van der Waals surface area (Å²) in [7, 11) is -1.52. The van der Waals surface area contributed by atoms with Crippen LogP contribution in [-0.4, -0.2) is 82.3 Å². The first-order valence-corrected chi connectivity index (χ1v) is 9.98. The normalized spacial score (nSPS) is 21.6. The molecule has 0 aromatic heterocycles. The molecule has 3 rings (SSSR count). The highest BCUT2D eigenvalue weighted by Gasteiger charge is 2.48. The third-order valence-corrected chi connectivity index (χ3v) is 5.64. The number of carboxylic acid groups (broad SMARTS) is 1. The van der Waals surface area contributed by atoms with Gasteiger partial charge in [-0.25, -0.2) is 4.79 Å². The van der Waals surface area contributed by atoms with Crippen molar-refractivity contribution in [3.05, 3.63) is 23.3 Å². The van der Waals surface area contributed by atoms with E-state index >= 15 is 0 Å². The second-order valence-corrected chi connectivity index (χ2v) is 8.14. The van der Waals surface area contributed by atoms with Gasteiger partial charge in [-0.1, -0.05) is 13.0 Å². The summed E-state index contributed by atoms with van der Waals surface area (Å²) >= 11 is 0. The maximum atomic E-state index is 11.9. The predicted molar refractivity (Wildman–Crippen MR) is 109 cm³/mol. The fraction of sp³-hybridized carbons (Fsp3) is 0.526. The Morgan fingerprint density at radius 2 is 2.00 bits per heavy atom. The smallest absolute Gasteiger partial charge is 0.455 e. The molecule has 2 aliphatic rings. The summed E-state index contributed by atoms with van der Waals surface area (Å²) in [4.78, 5) is 36.3. The lowest BCUT2D eigenvalue weighted by Crippen LogP contribution is -2.56. The number of primary amides is 1. The number of nitrogens with one attached hydrogen (secondary N) is 1. The molecule has 11 nitrogen and oxygen atoms in total. The van der Waals surface area contributed by atoms with E-state index in [0.717, 1.165) is 0 Å². The summed E-state index contributed by atoms with van der Waals surface area (Å²) in [6, 6.07) is 3.02. The topological polar surface area (TPSA) is 183 Å². The average molecular weight is 435 g/mol. The molecule has 1 saturated heterocycles. The van der Waals surface area contributed by atoms with Crippen LogP contribution in [0.1, 0.15) is 35.2 Å². The van der Waals surface area contributed by atoms with E-state index in [4.69, 9.17) is 10.5 Å². The van der Waals surface area contributed by atoms with E-state index in [1.807, 2.05) is 4.90 Å². The average Bonchev–Trinajstić information content (AvgIpc) is 3.44. The SMILES string of the molecule is C[C@@H](CN1CC(Oc2ccc([C@@H]3C[C@@H]3B(O)O)c(O)c2C(=O)O)C1)C(=O)NCC(N)=O. The second kappa shape index (κ2) is 9.12. The zero-order chi connectivity index (χ0) is 22.9. The minimum absolute atomic E-state index is 0.0346. The zero-order valence-corrected chi connectivity index (χ0v) is 17.0. The second-order valence-electron chi connectivity index (χ2n) is 8.14. The number of aromatic carboxylic acids is 1. The molecule has 1 aliphatic carbocycles. The van der Waals surface area contributed by atoms with E-state index in [9.17, 15) is 34.6 Å². The van der Waals surface area contributed by atoms with Crippen LogP contribution in [-0.2, 0) is 9.59 Å². The van der Waals surface area contributed by atoms with E-state index in [1.165, 1.54) is 6.07 Å². The third kappa shape index (κ3) is 5.27. The first-order chi connectivity index (χ1) is 14.6. The number of phenols is 1. The number of carboxylic acids is 1. The molecule has 0 unspecified atom stereocenters. The summed E-state index contributed by atoms with van der Waals surface area (Å²) in [5.74, 6) is -3.75. The number of nitrogens with two attached hydrogens (primary N) is 1. The summed E-state index contributed by atoms with van der Waals surface area (Å²) in [5, 5.41) is 41.0. The minimum atomic E-state index is -1.52. The Morgan fingerprint density at radius 1 is 1.32 bits per heavy atom. The molecule has 0 radical (unpaired) electrons. The van der Waals surface area contributed by atoms with Crippen LogP contribution in [0.4, 0.5) is 0 Å². The number of carbonyl (C=O) groups is 3. The lowest BCUT2D eigenvalue weighted by atomic mass is 9.81. The van der Waals surface area contributed by atoms with Gasteiger partial charge in [0.1, 0.15) is 23.2 Å². The van der Waals surface area contributed by atoms with Crippen molar-refractivity contribution in [3.63, 3.8) is 0 Å². The Bertz CT molecular complexity index is 874. The summed E-state index contributed by atoms with van der Waals surface area (Å²) in [6.07, 6.45) is 0.143. The van der Waals surface area contributed by atoms with Crippen molar-refractivity contribution in [2.45, 2.75) is 31.2 Å². The molecule has 2 fully saturated rings. The molecule has 0 spiro atoms. The standard InChI is InChI=1S/C19H26BN3O8/c1-9(18(26)22-5-15(21)24)6-23-7-10(8-23)31-14-3-2-11(12-4-13(12)20(29)30)17(25)16(14)19(27)28/h2-3,9-10,12-13,25,29-30H,4-8H2,1H3,(H2,21,24)(H,22,26)(H,27,28)/t9-,12-,13-/m0/s1. The van der Waals surface area contributed by atoms with Gasteiger partial charge in [0, 0.05) is 31.4 Å². The van der Waals surface area contributed by atoms with Gasteiger partial charge in [0.15, 0.2) is 0 Å². The Hall–Kier alpha value is -2.83. The maximum absolute atomic E-state index is 11.9. The quantitative estimate of drug-likeness (QED) is 0.244. The van der Waals surface area contributed by atoms with Gasteiger partial charge in [0.05, 0.1) is 6.54 Å². The van der Waals surface area contributed by atoms with Crippen LogP contribution in [0, 0.1) is 5.92 Å². The van der Waals surface area contributed by atoms with Crippen LogP contribution in [0.2, 0.25) is 5.82 Å². The molecular formula is C19H26BN3O8. The highest BCUT2D eigenvalue weighted by atomic mass is 16.5. The molecule has 1 aromatic rings. The fourth-order valence-electron chi connectivity index (χ4n) is 3.84. The number of rotatable bonds is 10. The number of amides is 2. The van der Waals surface area contributed by atoms with Gasteiger partial charge in [-0.05, 0) is 24.0 Å². The van der Waals surface area contributed by atoms with Crippen molar-refractivity contribution in [1.82, 2.24) is 10.2 Å². The van der Waals surface area contributed by atoms with Crippen molar-refractivity contribution in [2.24, 2.45) is 11.7 Å². The number of hydrogen-bond donors (Lipinski definition) is 6. The molecular weight excluding hydrogens is 409 g/mol. The number of ether oxygens (including phenoxy) is 1. The molecule has 12 heteroatoms. The van der Waals surface area contributed by atoms with Crippen LogP contribution in [0.25, 0.3) is 0 Å². The summed E-state index contributed by atoms with van der Waals surface area (Å²) in [5.41, 5.74) is 5.00. The van der Waals surface area contributed by atoms with Crippen molar-refractivity contribution in [2.75, 3.05) is 26.2 Å². The van der Waals surface area contributed by atoms with Crippen molar-refractivity contribution in [1.29, 1.82) is 0 Å². The zero-order valence-electron chi connectivity index (χ0n) is 17.0. The number of aromatic hydroxyl groups is 1. The number of nitrogens with zero attached hydrogens (tertiary/aromatic N) is 1. The molecule has 1 saturated carbocycles. The van der Waals surface area contributed by atoms with Gasteiger partial charge in [-0.3, -0.25) is 14.5 Å². The molecule has 3 atom stereocenters. The van der Waals surface area contributed by atoms with Crippen LogP contribution >= 0.6 is 0 Å². The predicted octanol–water partition coefficient (Wildman–Crippen LogP) is -1.28. The van der Waals surface area contributed by atoms with Gasteiger partial charge in [0.2, 0.25) is 11.8 Å². The Labute approximate surface area is 178 Å². The lowest BCUT2D eigenvalue weighted by Gasteiger charge is -2.40. The Balaban J connectivity index is 1.57. The highest BCUT2D eigenvalue weighted by Crippen LogP contribution is 2.56. The number of likely N-dealkylation sites (tertiary alicyclic amines) is 1. The van der Waals surface area contributed by atoms with E-state index in [-0.39, 0.29) is 41.7 Å². The van der Waals surface area contributed by atoms with Gasteiger partial charge >= 0.3 is 13.1 Å². The largest absolute Gasteiger partial charge is 0.507 e. The summed E-state index contributed by atoms with van der Waals surface area (Å²) < 4.78 is 5.76. The van der Waals surface area contributed by atoms with Crippen molar-refractivity contribution < 1.29 is 39.4 Å². The fourth-order valence-corrected chi connectivity index (χ4v) is 3.84. The van der Waals surface area contributed by atoms with Gasteiger partial charge in [0.25, 0.3) is 0 Å². The molecule has 2 amide bonds. The van der Waals surface area contributed by atoms with Crippen LogP contribution in [0.5, 0.6) is 11.5 Å². The Morgan fingerprint density at radius 3 is 2.55 bits per heavy atom. The maximum Gasteiger partial charge on any atom is 0.455 e. The van der Waals surface area contributed by atoms with Crippen molar-refractivity contribution in [3.8, 4) is 11.5 Å². The lowest BCUT2D eigenvalue weighted by molar-refractivity contribution is -0.128. The van der Waals surface area contributed by atoms with E-state index in [2.05, 4.69) is 5.32 Å². The van der Waals surface area contributed by atoms with E-state index in [0.29, 0.717) is 31.6 Å². The van der Waals surface area contributed by atoms with Crippen LogP contribution in [0.15, 0.2) is 12.1 Å². The molecule has 168 valence electrons. The molecule has 7 N–H and O–H groups in total. The van der Waals surface area contributed by atoms with Gasteiger partial charge < -0.3 is 36.0 Å². The first-order valence-electron chi connectivity index (χ1n) is 9.98. The molecule has 31 heavy (non-hydrogen) atoms. The molecule has 0 bridgehead atoms. The van der Waals surface area contributed by atoms with E-state index in [1.54, 1.807) is 13.0 Å². The highest BCUT2D eigenvalue weighted by molar-refractivity contribution is 6.44. The first kappa shape index (κ1) is 22.9. The molecule has 1 aromatic carbocycles. The van der Waals surface area contributed by atoms with Gasteiger partial charge in [-0.15, -0.1) is 0 Å². The van der Waals surface area contributed by atoms with Crippen LogP contribution in [0.3, 0.4) is 0 Å². The number of benzene rings is 1. The monoisotopic (exact) mass is 435 g/mol.